The molecule has 1 unspecified atom stereocenters. The molecule has 1 atom stereocenters. The van der Waals surface area contributed by atoms with Crippen LogP contribution in [0.4, 0.5) is 5.69 Å². The van der Waals surface area contributed by atoms with Gasteiger partial charge in [-0.15, -0.1) is 0 Å². The lowest BCUT2D eigenvalue weighted by atomic mass is 9.99. The highest BCUT2D eigenvalue weighted by Gasteiger charge is 2.17. The fourth-order valence-electron chi connectivity index (χ4n) is 2.09. The summed E-state index contributed by atoms with van der Waals surface area (Å²) < 4.78 is 6.61. The molecule has 5 N–H and O–H groups in total. The minimum absolute atomic E-state index is 0.0854. The maximum atomic E-state index is 6.05. The average molecular weight is 351 g/mol. The van der Waals surface area contributed by atoms with E-state index in [1.807, 2.05) is 38.1 Å². The molecule has 2 aromatic rings. The zero-order valence-corrected chi connectivity index (χ0v) is 13.6. The second kappa shape index (κ2) is 6.89. The van der Waals surface area contributed by atoms with Crippen molar-refractivity contribution in [1.82, 2.24) is 10.4 Å². The average Bonchev–Trinajstić information content (AvgIpc) is 2.43. The summed E-state index contributed by atoms with van der Waals surface area (Å²) >= 11 is 3.45. The summed E-state index contributed by atoms with van der Waals surface area (Å²) in [6.07, 6.45) is 3.52. The Labute approximate surface area is 132 Å². The maximum absolute atomic E-state index is 6.05. The predicted octanol–water partition coefficient (Wildman–Crippen LogP) is 2.77. The second-order valence-corrected chi connectivity index (χ2v) is 5.91. The summed E-state index contributed by atoms with van der Waals surface area (Å²) in [7, 11) is 0. The van der Waals surface area contributed by atoms with E-state index < -0.39 is 0 Å². The zero-order valence-electron chi connectivity index (χ0n) is 12.0. The molecule has 112 valence electrons. The normalized spacial score (nSPS) is 12.4. The number of hydrogen-bond acceptors (Lipinski definition) is 5. The van der Waals surface area contributed by atoms with Crippen LogP contribution in [0.25, 0.3) is 0 Å². The largest absolute Gasteiger partial charge is 0.489 e. The quantitative estimate of drug-likeness (QED) is 0.438. The van der Waals surface area contributed by atoms with E-state index in [1.54, 1.807) is 12.4 Å². The molecule has 6 heteroatoms. The zero-order chi connectivity index (χ0) is 15.4. The number of ether oxygens (including phenoxy) is 1. The molecule has 0 bridgehead atoms. The van der Waals surface area contributed by atoms with Gasteiger partial charge in [-0.25, -0.2) is 5.43 Å². The van der Waals surface area contributed by atoms with E-state index in [0.29, 0.717) is 11.4 Å². The first kappa shape index (κ1) is 15.8. The molecule has 0 spiro atoms. The molecule has 0 saturated carbocycles. The van der Waals surface area contributed by atoms with E-state index in [-0.39, 0.29) is 12.1 Å². The van der Waals surface area contributed by atoms with Gasteiger partial charge in [-0.1, -0.05) is 15.9 Å². The Hall–Kier alpha value is -1.63. The van der Waals surface area contributed by atoms with E-state index in [1.165, 1.54) is 0 Å². The number of hydrogen-bond donors (Lipinski definition) is 3. The Kier molecular flexibility index (Phi) is 5.17. The Morgan fingerprint density at radius 1 is 1.24 bits per heavy atom. The van der Waals surface area contributed by atoms with Crippen molar-refractivity contribution < 1.29 is 4.74 Å². The number of aromatic nitrogens is 1. The molecule has 0 radical (unpaired) electrons. The van der Waals surface area contributed by atoms with E-state index in [0.717, 1.165) is 15.6 Å². The van der Waals surface area contributed by atoms with Gasteiger partial charge in [0.05, 0.1) is 18.3 Å². The van der Waals surface area contributed by atoms with Gasteiger partial charge in [0, 0.05) is 16.4 Å². The third kappa shape index (κ3) is 3.93. The number of benzene rings is 1. The molecule has 1 heterocycles. The van der Waals surface area contributed by atoms with Gasteiger partial charge in [0.1, 0.15) is 5.75 Å². The van der Waals surface area contributed by atoms with Crippen LogP contribution >= 0.6 is 15.9 Å². The highest BCUT2D eigenvalue weighted by Crippen LogP contribution is 2.30. The second-order valence-electron chi connectivity index (χ2n) is 4.99. The molecule has 1 aromatic carbocycles. The van der Waals surface area contributed by atoms with Crippen molar-refractivity contribution in [2.45, 2.75) is 26.0 Å². The topological polar surface area (TPSA) is 86.2 Å². The van der Waals surface area contributed by atoms with Crippen LogP contribution in [-0.2, 0) is 0 Å². The minimum Gasteiger partial charge on any atom is -0.489 e. The van der Waals surface area contributed by atoms with Gasteiger partial charge in [-0.2, -0.15) is 0 Å². The number of hydrazine groups is 1. The highest BCUT2D eigenvalue weighted by atomic mass is 79.9. The number of pyridine rings is 1. The lowest BCUT2D eigenvalue weighted by Gasteiger charge is -2.20. The van der Waals surface area contributed by atoms with Crippen molar-refractivity contribution in [3.8, 4) is 5.75 Å². The van der Waals surface area contributed by atoms with Crippen molar-refractivity contribution in [2.24, 2.45) is 5.84 Å². The van der Waals surface area contributed by atoms with Crippen LogP contribution < -0.4 is 21.7 Å². The van der Waals surface area contributed by atoms with Crippen molar-refractivity contribution in [1.29, 1.82) is 0 Å². The first-order valence-electron chi connectivity index (χ1n) is 6.64. The molecule has 2 rings (SSSR count). The van der Waals surface area contributed by atoms with Crippen LogP contribution in [0, 0.1) is 0 Å². The fourth-order valence-corrected chi connectivity index (χ4v) is 2.47. The van der Waals surface area contributed by atoms with Crippen molar-refractivity contribution in [3.05, 3.63) is 52.3 Å². The highest BCUT2D eigenvalue weighted by molar-refractivity contribution is 9.10. The lowest BCUT2D eigenvalue weighted by molar-refractivity contribution is 0.241. The number of anilines is 1. The van der Waals surface area contributed by atoms with Crippen LogP contribution in [-0.4, -0.2) is 11.1 Å². The van der Waals surface area contributed by atoms with Gasteiger partial charge in [-0.3, -0.25) is 10.8 Å². The smallest absolute Gasteiger partial charge is 0.138 e. The van der Waals surface area contributed by atoms with Crippen molar-refractivity contribution >= 4 is 21.6 Å². The maximum Gasteiger partial charge on any atom is 0.138 e. The number of halogens is 1. The molecule has 0 aliphatic rings. The summed E-state index contributed by atoms with van der Waals surface area (Å²) in [6, 6.07) is 7.33. The SMILES string of the molecule is CC(C)Oc1cncc(C(NN)c2cc(Br)ccc2N)c1. The van der Waals surface area contributed by atoms with Gasteiger partial charge in [0.15, 0.2) is 0 Å². The molecule has 0 fully saturated rings. The monoisotopic (exact) mass is 350 g/mol. The van der Waals surface area contributed by atoms with Gasteiger partial charge in [0.25, 0.3) is 0 Å². The number of nitrogen functional groups attached to an aromatic ring is 1. The third-order valence-electron chi connectivity index (χ3n) is 2.97. The van der Waals surface area contributed by atoms with E-state index >= 15 is 0 Å². The number of rotatable bonds is 5. The summed E-state index contributed by atoms with van der Waals surface area (Å²) in [4.78, 5) is 4.21. The van der Waals surface area contributed by atoms with E-state index in [2.05, 4.69) is 26.3 Å². The third-order valence-corrected chi connectivity index (χ3v) is 3.46. The first-order valence-corrected chi connectivity index (χ1v) is 7.43. The first-order chi connectivity index (χ1) is 10.0. The van der Waals surface area contributed by atoms with Crippen LogP contribution in [0.15, 0.2) is 41.1 Å². The van der Waals surface area contributed by atoms with Gasteiger partial charge < -0.3 is 10.5 Å². The molecular formula is C15H19BrN4O. The standard InChI is InChI=1S/C15H19BrN4O/c1-9(2)21-12-5-10(7-19-8-12)15(20-18)13-6-11(16)3-4-14(13)17/h3-9,15,20H,17-18H2,1-2H3. The van der Waals surface area contributed by atoms with Crippen LogP contribution in [0.2, 0.25) is 0 Å². The van der Waals surface area contributed by atoms with Crippen molar-refractivity contribution in [2.75, 3.05) is 5.73 Å². The lowest BCUT2D eigenvalue weighted by Crippen LogP contribution is -2.29. The molecule has 5 nitrogen and oxygen atoms in total. The van der Waals surface area contributed by atoms with Crippen LogP contribution in [0.3, 0.4) is 0 Å². The predicted molar refractivity (Wildman–Crippen MR) is 87.7 cm³/mol. The van der Waals surface area contributed by atoms with E-state index in [9.17, 15) is 0 Å². The number of nitrogens with one attached hydrogen (secondary N) is 1. The minimum atomic E-state index is -0.259. The summed E-state index contributed by atoms with van der Waals surface area (Å²) in [5.74, 6) is 6.42. The number of nitrogens with zero attached hydrogens (tertiary/aromatic N) is 1. The summed E-state index contributed by atoms with van der Waals surface area (Å²) in [5, 5.41) is 0. The summed E-state index contributed by atoms with van der Waals surface area (Å²) in [5.41, 5.74) is 11.3. The molecule has 0 aliphatic heterocycles. The molecule has 0 aliphatic carbocycles. The number of nitrogens with two attached hydrogens (primary N) is 2. The van der Waals surface area contributed by atoms with Crippen LogP contribution in [0.1, 0.15) is 31.0 Å². The molecule has 0 saturated heterocycles. The van der Waals surface area contributed by atoms with Gasteiger partial charge in [0.2, 0.25) is 0 Å². The molecule has 0 amide bonds. The Morgan fingerprint density at radius 3 is 2.67 bits per heavy atom. The van der Waals surface area contributed by atoms with Crippen molar-refractivity contribution in [3.63, 3.8) is 0 Å². The van der Waals surface area contributed by atoms with Crippen LogP contribution in [0.5, 0.6) is 5.75 Å². The molecule has 21 heavy (non-hydrogen) atoms. The Balaban J connectivity index is 2.39. The van der Waals surface area contributed by atoms with Gasteiger partial charge >= 0.3 is 0 Å². The fraction of sp³-hybridized carbons (Fsp3) is 0.267. The summed E-state index contributed by atoms with van der Waals surface area (Å²) in [6.45, 7) is 3.94. The Bertz CT molecular complexity index is 618. The molecule has 1 aromatic heterocycles. The molecular weight excluding hydrogens is 332 g/mol. The van der Waals surface area contributed by atoms with Gasteiger partial charge in [-0.05, 0) is 49.2 Å². The Morgan fingerprint density at radius 2 is 2.00 bits per heavy atom. The van der Waals surface area contributed by atoms with E-state index in [4.69, 9.17) is 16.3 Å².